The van der Waals surface area contributed by atoms with Crippen molar-refractivity contribution in [2.75, 3.05) is 5.32 Å². The summed E-state index contributed by atoms with van der Waals surface area (Å²) in [6.07, 6.45) is 0. The number of nitrogens with zero attached hydrogens (tertiary/aromatic N) is 2. The number of aromatic nitrogens is 2. The van der Waals surface area contributed by atoms with Gasteiger partial charge in [-0.3, -0.25) is 5.32 Å². The van der Waals surface area contributed by atoms with Gasteiger partial charge >= 0.3 is 6.03 Å². The summed E-state index contributed by atoms with van der Waals surface area (Å²) in [6.45, 7) is 0.421. The standard InChI is InChI=1S/C9H8Cl2N4OS2/c10-3-7-13-9(18-15-7)14-8(16)12-4-5-1-2-6(11)17-5/h1-2H,3-4H2,(H2,12,13,14,15,16). The van der Waals surface area contributed by atoms with E-state index in [1.165, 1.54) is 11.3 Å². The van der Waals surface area contributed by atoms with Crippen molar-refractivity contribution in [1.29, 1.82) is 0 Å². The zero-order chi connectivity index (χ0) is 13.0. The molecule has 96 valence electrons. The number of urea groups is 1. The molecular formula is C9H8Cl2N4OS2. The molecule has 2 aromatic heterocycles. The van der Waals surface area contributed by atoms with Crippen LogP contribution in [-0.2, 0) is 12.4 Å². The molecule has 0 radical (unpaired) electrons. The number of halogens is 2. The van der Waals surface area contributed by atoms with E-state index in [2.05, 4.69) is 20.0 Å². The first kappa shape index (κ1) is 13.5. The van der Waals surface area contributed by atoms with Crippen molar-refractivity contribution in [2.24, 2.45) is 0 Å². The fraction of sp³-hybridized carbons (Fsp3) is 0.222. The van der Waals surface area contributed by atoms with E-state index in [1.807, 2.05) is 6.07 Å². The molecule has 2 rings (SSSR count). The van der Waals surface area contributed by atoms with Gasteiger partial charge in [-0.1, -0.05) is 11.6 Å². The molecule has 0 aliphatic carbocycles. The zero-order valence-electron chi connectivity index (χ0n) is 8.94. The summed E-state index contributed by atoms with van der Waals surface area (Å²) in [5.74, 6) is 0.732. The van der Waals surface area contributed by atoms with Crippen LogP contribution in [0.3, 0.4) is 0 Å². The minimum absolute atomic E-state index is 0.230. The Morgan fingerprint density at radius 1 is 1.44 bits per heavy atom. The lowest BCUT2D eigenvalue weighted by Crippen LogP contribution is -2.27. The highest BCUT2D eigenvalue weighted by Gasteiger charge is 2.07. The third kappa shape index (κ3) is 3.81. The highest BCUT2D eigenvalue weighted by molar-refractivity contribution is 7.16. The van der Waals surface area contributed by atoms with Gasteiger partial charge in [0.05, 0.1) is 16.8 Å². The minimum Gasteiger partial charge on any atom is -0.333 e. The third-order valence-electron chi connectivity index (χ3n) is 1.86. The maximum absolute atomic E-state index is 11.5. The molecule has 0 aromatic carbocycles. The molecule has 0 spiro atoms. The predicted octanol–water partition coefficient (Wildman–Crippen LogP) is 3.31. The summed E-state index contributed by atoms with van der Waals surface area (Å²) >= 11 is 13.9. The average Bonchev–Trinajstić information content (AvgIpc) is 2.95. The lowest BCUT2D eigenvalue weighted by atomic mass is 10.5. The van der Waals surface area contributed by atoms with E-state index in [-0.39, 0.29) is 11.9 Å². The predicted molar refractivity (Wildman–Crippen MR) is 74.7 cm³/mol. The number of amides is 2. The number of thiophene rings is 1. The van der Waals surface area contributed by atoms with Crippen LogP contribution in [0.2, 0.25) is 4.34 Å². The molecule has 5 nitrogen and oxygen atoms in total. The minimum atomic E-state index is -0.336. The first-order valence-electron chi connectivity index (χ1n) is 4.85. The lowest BCUT2D eigenvalue weighted by molar-refractivity contribution is 0.252. The third-order valence-corrected chi connectivity index (χ3v) is 4.00. The molecule has 18 heavy (non-hydrogen) atoms. The molecule has 0 saturated carbocycles. The average molecular weight is 323 g/mol. The Hall–Kier alpha value is -0.890. The van der Waals surface area contributed by atoms with Crippen LogP contribution in [0.4, 0.5) is 9.93 Å². The lowest BCUT2D eigenvalue weighted by Gasteiger charge is -2.02. The van der Waals surface area contributed by atoms with Gasteiger partial charge in [-0.25, -0.2) is 9.78 Å². The summed E-state index contributed by atoms with van der Waals surface area (Å²) in [5, 5.41) is 5.70. The van der Waals surface area contributed by atoms with Crippen LogP contribution in [0.5, 0.6) is 0 Å². The van der Waals surface area contributed by atoms with Gasteiger partial charge in [0.1, 0.15) is 0 Å². The molecule has 0 bridgehead atoms. The van der Waals surface area contributed by atoms with E-state index in [4.69, 9.17) is 23.2 Å². The van der Waals surface area contributed by atoms with Gasteiger partial charge in [-0.05, 0) is 12.1 Å². The van der Waals surface area contributed by atoms with Gasteiger partial charge in [-0.15, -0.1) is 22.9 Å². The highest BCUT2D eigenvalue weighted by atomic mass is 35.5. The Labute approximate surface area is 121 Å². The summed E-state index contributed by atoms with van der Waals surface area (Å²) in [6, 6.07) is 3.32. The molecule has 0 aliphatic heterocycles. The summed E-state index contributed by atoms with van der Waals surface area (Å²) < 4.78 is 4.65. The van der Waals surface area contributed by atoms with E-state index < -0.39 is 0 Å². The second kappa shape index (κ2) is 6.33. The summed E-state index contributed by atoms with van der Waals surface area (Å²) in [5.41, 5.74) is 0. The number of nitrogens with one attached hydrogen (secondary N) is 2. The molecule has 9 heteroatoms. The normalized spacial score (nSPS) is 10.3. The van der Waals surface area contributed by atoms with Crippen molar-refractivity contribution in [1.82, 2.24) is 14.7 Å². The van der Waals surface area contributed by atoms with E-state index in [9.17, 15) is 4.79 Å². The summed E-state index contributed by atoms with van der Waals surface area (Å²) in [4.78, 5) is 16.5. The molecule has 0 fully saturated rings. The van der Waals surface area contributed by atoms with E-state index in [1.54, 1.807) is 6.07 Å². The van der Waals surface area contributed by atoms with Gasteiger partial charge in [0.25, 0.3) is 0 Å². The van der Waals surface area contributed by atoms with E-state index in [0.29, 0.717) is 21.8 Å². The molecule has 0 unspecified atom stereocenters. The van der Waals surface area contributed by atoms with Crippen LogP contribution in [0, 0.1) is 0 Å². The molecule has 2 N–H and O–H groups in total. The van der Waals surface area contributed by atoms with Crippen molar-refractivity contribution >= 4 is 57.2 Å². The Balaban J connectivity index is 1.81. The fourth-order valence-corrected chi connectivity index (χ4v) is 2.91. The monoisotopic (exact) mass is 322 g/mol. The number of anilines is 1. The van der Waals surface area contributed by atoms with Gasteiger partial charge in [0.2, 0.25) is 5.13 Å². The molecule has 0 saturated heterocycles. The van der Waals surface area contributed by atoms with Crippen LogP contribution >= 0.6 is 46.1 Å². The largest absolute Gasteiger partial charge is 0.333 e. The second-order valence-corrected chi connectivity index (χ2v) is 5.98. The Morgan fingerprint density at radius 3 is 2.89 bits per heavy atom. The Bertz CT molecular complexity index is 542. The smallest absolute Gasteiger partial charge is 0.321 e. The van der Waals surface area contributed by atoms with Crippen LogP contribution in [0.15, 0.2) is 12.1 Å². The second-order valence-electron chi connectivity index (χ2n) is 3.16. The number of hydrogen-bond donors (Lipinski definition) is 2. The van der Waals surface area contributed by atoms with Crippen LogP contribution < -0.4 is 10.6 Å². The quantitative estimate of drug-likeness (QED) is 0.848. The topological polar surface area (TPSA) is 66.9 Å². The molecule has 0 aliphatic rings. The van der Waals surface area contributed by atoms with Crippen molar-refractivity contribution in [2.45, 2.75) is 12.4 Å². The molecule has 2 amide bonds. The van der Waals surface area contributed by atoms with Crippen LogP contribution in [0.1, 0.15) is 10.7 Å². The van der Waals surface area contributed by atoms with Gasteiger partial charge in [0.15, 0.2) is 5.82 Å². The Morgan fingerprint density at radius 2 is 2.28 bits per heavy atom. The summed E-state index contributed by atoms with van der Waals surface area (Å²) in [7, 11) is 0. The van der Waals surface area contributed by atoms with Crippen molar-refractivity contribution < 1.29 is 4.79 Å². The molecule has 2 heterocycles. The number of carbonyl (C=O) groups is 1. The van der Waals surface area contributed by atoms with Crippen LogP contribution in [-0.4, -0.2) is 15.4 Å². The first-order valence-corrected chi connectivity index (χ1v) is 7.35. The van der Waals surface area contributed by atoms with E-state index in [0.717, 1.165) is 16.4 Å². The molecular weight excluding hydrogens is 315 g/mol. The molecule has 0 atom stereocenters. The highest BCUT2D eigenvalue weighted by Crippen LogP contribution is 2.21. The van der Waals surface area contributed by atoms with Crippen molar-refractivity contribution in [3.63, 3.8) is 0 Å². The SMILES string of the molecule is O=C(NCc1ccc(Cl)s1)Nc1nc(CCl)ns1. The van der Waals surface area contributed by atoms with Crippen molar-refractivity contribution in [3.05, 3.63) is 27.2 Å². The number of alkyl halides is 1. The fourth-order valence-electron chi connectivity index (χ4n) is 1.11. The van der Waals surface area contributed by atoms with Crippen molar-refractivity contribution in [3.8, 4) is 0 Å². The van der Waals surface area contributed by atoms with Gasteiger partial charge in [-0.2, -0.15) is 4.37 Å². The number of hydrogen-bond acceptors (Lipinski definition) is 5. The first-order chi connectivity index (χ1) is 8.67. The van der Waals surface area contributed by atoms with Gasteiger partial charge in [0, 0.05) is 16.4 Å². The van der Waals surface area contributed by atoms with Crippen LogP contribution in [0.25, 0.3) is 0 Å². The van der Waals surface area contributed by atoms with E-state index >= 15 is 0 Å². The number of carbonyl (C=O) groups excluding carboxylic acids is 1. The molecule has 2 aromatic rings. The Kier molecular flexibility index (Phi) is 4.76. The van der Waals surface area contributed by atoms with Gasteiger partial charge < -0.3 is 5.32 Å². The maximum Gasteiger partial charge on any atom is 0.321 e. The maximum atomic E-state index is 11.5. The number of rotatable bonds is 4. The zero-order valence-corrected chi connectivity index (χ0v) is 12.1.